The molecule has 0 saturated heterocycles. The van der Waals surface area contributed by atoms with Crippen molar-refractivity contribution in [1.29, 1.82) is 0 Å². The zero-order valence-electron chi connectivity index (χ0n) is 13.1. The SMILES string of the molecule is CC(C)CCN(C1CC1)C(CN)C1CCCCCC1. The van der Waals surface area contributed by atoms with Crippen LogP contribution in [0.15, 0.2) is 0 Å². The second-order valence-corrected chi connectivity index (χ2v) is 7.21. The third kappa shape index (κ3) is 4.75. The summed E-state index contributed by atoms with van der Waals surface area (Å²) in [6.45, 7) is 6.84. The van der Waals surface area contributed by atoms with Crippen LogP contribution in [0.5, 0.6) is 0 Å². The number of nitrogens with two attached hydrogens (primary N) is 1. The molecule has 0 aliphatic heterocycles. The van der Waals surface area contributed by atoms with Gasteiger partial charge in [-0.05, 0) is 50.5 Å². The lowest BCUT2D eigenvalue weighted by Gasteiger charge is -2.37. The lowest BCUT2D eigenvalue weighted by molar-refractivity contribution is 0.121. The minimum Gasteiger partial charge on any atom is -0.329 e. The highest BCUT2D eigenvalue weighted by molar-refractivity contribution is 4.92. The van der Waals surface area contributed by atoms with Crippen LogP contribution in [0.3, 0.4) is 0 Å². The van der Waals surface area contributed by atoms with Crippen molar-refractivity contribution < 1.29 is 0 Å². The predicted molar refractivity (Wildman–Crippen MR) is 83.2 cm³/mol. The Kier molecular flexibility index (Phi) is 6.15. The van der Waals surface area contributed by atoms with Crippen LogP contribution in [0, 0.1) is 11.8 Å². The lowest BCUT2D eigenvalue weighted by Crippen LogP contribution is -2.47. The smallest absolute Gasteiger partial charge is 0.0249 e. The zero-order chi connectivity index (χ0) is 13.7. The van der Waals surface area contributed by atoms with Gasteiger partial charge in [-0.2, -0.15) is 0 Å². The van der Waals surface area contributed by atoms with Gasteiger partial charge in [-0.15, -0.1) is 0 Å². The fraction of sp³-hybridized carbons (Fsp3) is 1.00. The Morgan fingerprint density at radius 3 is 2.11 bits per heavy atom. The maximum absolute atomic E-state index is 6.19. The molecule has 2 N–H and O–H groups in total. The van der Waals surface area contributed by atoms with Gasteiger partial charge in [-0.3, -0.25) is 4.90 Å². The average Bonchev–Trinajstić information content (AvgIpc) is 3.20. The quantitative estimate of drug-likeness (QED) is 0.710. The van der Waals surface area contributed by atoms with Gasteiger partial charge in [-0.25, -0.2) is 0 Å². The van der Waals surface area contributed by atoms with E-state index < -0.39 is 0 Å². The van der Waals surface area contributed by atoms with Crippen LogP contribution < -0.4 is 5.73 Å². The molecule has 0 aromatic heterocycles. The Balaban J connectivity index is 1.94. The van der Waals surface area contributed by atoms with Crippen LogP contribution in [-0.4, -0.2) is 30.1 Å². The Morgan fingerprint density at radius 1 is 1.00 bits per heavy atom. The fourth-order valence-electron chi connectivity index (χ4n) is 3.73. The molecule has 2 aliphatic rings. The lowest BCUT2D eigenvalue weighted by atomic mass is 9.90. The van der Waals surface area contributed by atoms with Crippen molar-refractivity contribution >= 4 is 0 Å². The first-order valence-corrected chi connectivity index (χ1v) is 8.68. The number of hydrogen-bond acceptors (Lipinski definition) is 2. The van der Waals surface area contributed by atoms with Crippen molar-refractivity contribution in [2.75, 3.05) is 13.1 Å². The van der Waals surface area contributed by atoms with Crippen molar-refractivity contribution in [3.8, 4) is 0 Å². The molecule has 0 aromatic rings. The summed E-state index contributed by atoms with van der Waals surface area (Å²) in [5.41, 5.74) is 6.19. The first kappa shape index (κ1) is 15.3. The Morgan fingerprint density at radius 2 is 1.63 bits per heavy atom. The minimum absolute atomic E-state index is 0.671. The van der Waals surface area contributed by atoms with Crippen LogP contribution in [-0.2, 0) is 0 Å². The molecule has 0 bridgehead atoms. The third-order valence-electron chi connectivity index (χ3n) is 5.09. The van der Waals surface area contributed by atoms with Crippen molar-refractivity contribution in [3.05, 3.63) is 0 Å². The van der Waals surface area contributed by atoms with E-state index in [1.807, 2.05) is 0 Å². The standard InChI is InChI=1S/C17H34N2/c1-14(2)11-12-19(16-9-10-16)17(13-18)15-7-5-3-4-6-8-15/h14-17H,3-13,18H2,1-2H3. The summed E-state index contributed by atoms with van der Waals surface area (Å²) in [5.74, 6) is 1.69. The Hall–Kier alpha value is -0.0800. The molecule has 2 fully saturated rings. The van der Waals surface area contributed by atoms with Crippen LogP contribution in [0.2, 0.25) is 0 Å². The second kappa shape index (κ2) is 7.64. The van der Waals surface area contributed by atoms with E-state index in [0.717, 1.165) is 24.4 Å². The van der Waals surface area contributed by atoms with Gasteiger partial charge in [0.1, 0.15) is 0 Å². The summed E-state index contributed by atoms with van der Waals surface area (Å²) < 4.78 is 0. The summed E-state index contributed by atoms with van der Waals surface area (Å²) in [5, 5.41) is 0. The van der Waals surface area contributed by atoms with Gasteiger partial charge in [0.2, 0.25) is 0 Å². The molecule has 1 unspecified atom stereocenters. The molecule has 2 rings (SSSR count). The molecular formula is C17H34N2. The van der Waals surface area contributed by atoms with Gasteiger partial charge in [0.05, 0.1) is 0 Å². The Labute approximate surface area is 120 Å². The number of hydrogen-bond donors (Lipinski definition) is 1. The molecule has 0 amide bonds. The summed E-state index contributed by atoms with van der Waals surface area (Å²) in [6, 6.07) is 1.54. The van der Waals surface area contributed by atoms with Crippen molar-refractivity contribution in [1.82, 2.24) is 4.90 Å². The molecule has 112 valence electrons. The minimum atomic E-state index is 0.671. The molecule has 2 nitrogen and oxygen atoms in total. The van der Waals surface area contributed by atoms with E-state index in [1.54, 1.807) is 0 Å². The van der Waals surface area contributed by atoms with E-state index in [4.69, 9.17) is 5.73 Å². The topological polar surface area (TPSA) is 29.3 Å². The molecule has 2 aliphatic carbocycles. The molecule has 0 spiro atoms. The van der Waals surface area contributed by atoms with E-state index in [1.165, 1.54) is 64.3 Å². The summed E-state index contributed by atoms with van der Waals surface area (Å²) in [6.07, 6.45) is 12.8. The molecule has 1 atom stereocenters. The molecule has 0 radical (unpaired) electrons. The van der Waals surface area contributed by atoms with E-state index >= 15 is 0 Å². The highest BCUT2D eigenvalue weighted by Crippen LogP contribution is 2.35. The van der Waals surface area contributed by atoms with Crippen LogP contribution in [0.1, 0.15) is 71.6 Å². The summed E-state index contributed by atoms with van der Waals surface area (Å²) in [7, 11) is 0. The largest absolute Gasteiger partial charge is 0.329 e. The Bertz CT molecular complexity index is 240. The van der Waals surface area contributed by atoms with Crippen LogP contribution >= 0.6 is 0 Å². The van der Waals surface area contributed by atoms with Crippen molar-refractivity contribution in [3.63, 3.8) is 0 Å². The monoisotopic (exact) mass is 266 g/mol. The number of nitrogens with zero attached hydrogens (tertiary/aromatic N) is 1. The fourth-order valence-corrected chi connectivity index (χ4v) is 3.73. The maximum atomic E-state index is 6.19. The molecule has 2 heteroatoms. The summed E-state index contributed by atoms with van der Waals surface area (Å²) >= 11 is 0. The molecule has 0 heterocycles. The zero-order valence-corrected chi connectivity index (χ0v) is 13.1. The predicted octanol–water partition coefficient (Wildman–Crippen LogP) is 3.79. The van der Waals surface area contributed by atoms with Crippen molar-refractivity contribution in [2.24, 2.45) is 17.6 Å². The van der Waals surface area contributed by atoms with Gasteiger partial charge >= 0.3 is 0 Å². The van der Waals surface area contributed by atoms with Crippen molar-refractivity contribution in [2.45, 2.75) is 83.7 Å². The van der Waals surface area contributed by atoms with E-state index in [9.17, 15) is 0 Å². The highest BCUT2D eigenvalue weighted by atomic mass is 15.2. The normalized spacial score (nSPS) is 23.8. The van der Waals surface area contributed by atoms with Crippen LogP contribution in [0.25, 0.3) is 0 Å². The van der Waals surface area contributed by atoms with Gasteiger partial charge in [-0.1, -0.05) is 39.5 Å². The van der Waals surface area contributed by atoms with Gasteiger partial charge in [0.15, 0.2) is 0 Å². The van der Waals surface area contributed by atoms with Gasteiger partial charge in [0, 0.05) is 18.6 Å². The molecule has 2 saturated carbocycles. The van der Waals surface area contributed by atoms with Gasteiger partial charge in [0.25, 0.3) is 0 Å². The summed E-state index contributed by atoms with van der Waals surface area (Å²) in [4.78, 5) is 2.80. The first-order valence-electron chi connectivity index (χ1n) is 8.68. The third-order valence-corrected chi connectivity index (χ3v) is 5.09. The molecular weight excluding hydrogens is 232 g/mol. The van der Waals surface area contributed by atoms with Gasteiger partial charge < -0.3 is 5.73 Å². The average molecular weight is 266 g/mol. The molecule has 19 heavy (non-hydrogen) atoms. The highest BCUT2D eigenvalue weighted by Gasteiger charge is 2.36. The van der Waals surface area contributed by atoms with E-state index in [2.05, 4.69) is 18.7 Å². The first-order chi connectivity index (χ1) is 9.22. The molecule has 0 aromatic carbocycles. The van der Waals surface area contributed by atoms with Crippen LogP contribution in [0.4, 0.5) is 0 Å². The van der Waals surface area contributed by atoms with E-state index in [-0.39, 0.29) is 0 Å². The second-order valence-electron chi connectivity index (χ2n) is 7.21. The maximum Gasteiger partial charge on any atom is 0.0249 e. The van der Waals surface area contributed by atoms with E-state index in [0.29, 0.717) is 6.04 Å². The number of rotatable bonds is 7.